The molecular weight excluding hydrogens is 210 g/mol. The van der Waals surface area contributed by atoms with E-state index in [0.717, 1.165) is 31.0 Å². The van der Waals surface area contributed by atoms with Crippen molar-refractivity contribution in [2.75, 3.05) is 19.7 Å². The van der Waals surface area contributed by atoms with Crippen LogP contribution in [0.15, 0.2) is 24.3 Å². The predicted molar refractivity (Wildman–Crippen MR) is 74.0 cm³/mol. The molecule has 0 aromatic rings. The van der Waals surface area contributed by atoms with Gasteiger partial charge in [0.15, 0.2) is 0 Å². The Morgan fingerprint density at radius 3 is 2.76 bits per heavy atom. The van der Waals surface area contributed by atoms with Gasteiger partial charge in [0.25, 0.3) is 0 Å². The number of allylic oxidation sites excluding steroid dienone is 1. The molecule has 1 N–H and O–H groups in total. The minimum absolute atomic E-state index is 0.288. The van der Waals surface area contributed by atoms with E-state index in [1.165, 1.54) is 6.42 Å². The normalized spacial score (nSPS) is 30.9. The standard InChI is InChI=1S/C15H27NO/c1-5-6-12(2)10-16-11-13(3)9-14(4)15(16)7-8-17/h5-6,13-15,17H,2,7-11H2,1,3-4H3. The van der Waals surface area contributed by atoms with Crippen molar-refractivity contribution < 1.29 is 5.11 Å². The predicted octanol–water partition coefficient (Wildman–Crippen LogP) is 2.85. The molecule has 98 valence electrons. The lowest BCUT2D eigenvalue weighted by molar-refractivity contribution is 0.0598. The summed E-state index contributed by atoms with van der Waals surface area (Å²) < 4.78 is 0. The molecule has 3 atom stereocenters. The highest BCUT2D eigenvalue weighted by Crippen LogP contribution is 2.29. The fourth-order valence-electron chi connectivity index (χ4n) is 3.09. The van der Waals surface area contributed by atoms with Crippen molar-refractivity contribution in [3.63, 3.8) is 0 Å². The molecule has 2 nitrogen and oxygen atoms in total. The number of rotatable bonds is 5. The highest BCUT2D eigenvalue weighted by molar-refractivity contribution is 5.16. The van der Waals surface area contributed by atoms with Crippen LogP contribution < -0.4 is 0 Å². The smallest absolute Gasteiger partial charge is 0.0446 e. The third kappa shape index (κ3) is 4.29. The maximum atomic E-state index is 9.19. The van der Waals surface area contributed by atoms with E-state index in [4.69, 9.17) is 0 Å². The van der Waals surface area contributed by atoms with Gasteiger partial charge in [-0.3, -0.25) is 4.90 Å². The molecule has 0 bridgehead atoms. The Kier molecular flexibility index (Phi) is 5.93. The van der Waals surface area contributed by atoms with E-state index >= 15 is 0 Å². The highest BCUT2D eigenvalue weighted by Gasteiger charge is 2.31. The van der Waals surface area contributed by atoms with E-state index in [1.54, 1.807) is 0 Å². The average molecular weight is 237 g/mol. The van der Waals surface area contributed by atoms with Crippen LogP contribution in [0, 0.1) is 11.8 Å². The summed E-state index contributed by atoms with van der Waals surface area (Å²) >= 11 is 0. The van der Waals surface area contributed by atoms with Gasteiger partial charge in [0.05, 0.1) is 0 Å². The van der Waals surface area contributed by atoms with Gasteiger partial charge < -0.3 is 5.11 Å². The van der Waals surface area contributed by atoms with Gasteiger partial charge in [-0.2, -0.15) is 0 Å². The minimum Gasteiger partial charge on any atom is -0.396 e. The largest absolute Gasteiger partial charge is 0.396 e. The summed E-state index contributed by atoms with van der Waals surface area (Å²) in [6.07, 6.45) is 6.29. The fraction of sp³-hybridized carbons (Fsp3) is 0.733. The Balaban J connectivity index is 2.65. The second-order valence-electron chi connectivity index (χ2n) is 5.49. The molecule has 1 heterocycles. The molecule has 0 amide bonds. The molecular formula is C15H27NO. The number of likely N-dealkylation sites (tertiary alicyclic amines) is 1. The lowest BCUT2D eigenvalue weighted by atomic mass is 9.83. The second kappa shape index (κ2) is 6.97. The van der Waals surface area contributed by atoms with E-state index < -0.39 is 0 Å². The van der Waals surface area contributed by atoms with E-state index in [-0.39, 0.29) is 6.61 Å². The van der Waals surface area contributed by atoms with Gasteiger partial charge >= 0.3 is 0 Å². The molecule has 0 aromatic heterocycles. The van der Waals surface area contributed by atoms with Crippen molar-refractivity contribution >= 4 is 0 Å². The van der Waals surface area contributed by atoms with Crippen molar-refractivity contribution in [1.82, 2.24) is 4.90 Å². The van der Waals surface area contributed by atoms with Gasteiger partial charge in [-0.25, -0.2) is 0 Å². The van der Waals surface area contributed by atoms with Crippen LogP contribution in [0.1, 0.15) is 33.6 Å². The molecule has 0 radical (unpaired) electrons. The third-order valence-corrected chi connectivity index (χ3v) is 3.68. The van der Waals surface area contributed by atoms with Crippen LogP contribution >= 0.6 is 0 Å². The van der Waals surface area contributed by atoms with E-state index in [9.17, 15) is 5.11 Å². The molecule has 1 aliphatic heterocycles. The van der Waals surface area contributed by atoms with Crippen LogP contribution in [0.4, 0.5) is 0 Å². The summed E-state index contributed by atoms with van der Waals surface area (Å²) in [5.74, 6) is 1.42. The summed E-state index contributed by atoms with van der Waals surface area (Å²) in [5.41, 5.74) is 1.16. The van der Waals surface area contributed by atoms with Crippen LogP contribution in [0.3, 0.4) is 0 Å². The number of hydrogen-bond donors (Lipinski definition) is 1. The van der Waals surface area contributed by atoms with Crippen LogP contribution in [-0.2, 0) is 0 Å². The van der Waals surface area contributed by atoms with Crippen LogP contribution in [0.2, 0.25) is 0 Å². The Morgan fingerprint density at radius 1 is 1.47 bits per heavy atom. The lowest BCUT2D eigenvalue weighted by Gasteiger charge is -2.43. The number of hydrogen-bond acceptors (Lipinski definition) is 2. The third-order valence-electron chi connectivity index (χ3n) is 3.68. The molecule has 2 heteroatoms. The topological polar surface area (TPSA) is 23.5 Å². The van der Waals surface area contributed by atoms with Crippen molar-refractivity contribution in [2.24, 2.45) is 11.8 Å². The SMILES string of the molecule is C=C(C=CC)CN1CC(C)CC(C)C1CCO. The molecule has 0 aliphatic carbocycles. The molecule has 3 unspecified atom stereocenters. The first-order valence-electron chi connectivity index (χ1n) is 6.73. The summed E-state index contributed by atoms with van der Waals surface area (Å²) in [5, 5.41) is 9.19. The van der Waals surface area contributed by atoms with Gasteiger partial charge in [-0.1, -0.05) is 32.6 Å². The maximum Gasteiger partial charge on any atom is 0.0446 e. The number of piperidine rings is 1. The zero-order valence-electron chi connectivity index (χ0n) is 11.5. The van der Waals surface area contributed by atoms with E-state index in [0.29, 0.717) is 12.0 Å². The fourth-order valence-corrected chi connectivity index (χ4v) is 3.09. The van der Waals surface area contributed by atoms with E-state index in [2.05, 4.69) is 31.4 Å². The van der Waals surface area contributed by atoms with Gasteiger partial charge in [-0.05, 0) is 37.2 Å². The molecule has 1 aliphatic rings. The minimum atomic E-state index is 0.288. The molecule has 1 rings (SSSR count). The number of aliphatic hydroxyl groups is 1. The monoisotopic (exact) mass is 237 g/mol. The van der Waals surface area contributed by atoms with Crippen molar-refractivity contribution in [3.05, 3.63) is 24.3 Å². The maximum absolute atomic E-state index is 9.19. The van der Waals surface area contributed by atoms with Crippen LogP contribution in [0.5, 0.6) is 0 Å². The Morgan fingerprint density at radius 2 is 2.18 bits per heavy atom. The highest BCUT2D eigenvalue weighted by atomic mass is 16.3. The first-order chi connectivity index (χ1) is 8.08. The summed E-state index contributed by atoms with van der Waals surface area (Å²) in [7, 11) is 0. The van der Waals surface area contributed by atoms with Gasteiger partial charge in [0, 0.05) is 25.7 Å². The molecule has 1 saturated heterocycles. The van der Waals surface area contributed by atoms with Crippen LogP contribution in [0.25, 0.3) is 0 Å². The van der Waals surface area contributed by atoms with Gasteiger partial charge in [0.2, 0.25) is 0 Å². The van der Waals surface area contributed by atoms with Crippen molar-refractivity contribution in [3.8, 4) is 0 Å². The van der Waals surface area contributed by atoms with Gasteiger partial charge in [0.1, 0.15) is 0 Å². The van der Waals surface area contributed by atoms with E-state index in [1.807, 2.05) is 13.0 Å². The molecule has 0 saturated carbocycles. The van der Waals surface area contributed by atoms with Crippen molar-refractivity contribution in [2.45, 2.75) is 39.7 Å². The zero-order chi connectivity index (χ0) is 12.8. The average Bonchev–Trinajstić information content (AvgIpc) is 2.23. The molecule has 1 fully saturated rings. The Hall–Kier alpha value is -0.600. The first-order valence-corrected chi connectivity index (χ1v) is 6.73. The Bertz CT molecular complexity index is 272. The molecule has 0 aromatic carbocycles. The first kappa shape index (κ1) is 14.5. The number of nitrogens with zero attached hydrogens (tertiary/aromatic N) is 1. The number of aliphatic hydroxyl groups excluding tert-OH is 1. The summed E-state index contributed by atoms with van der Waals surface area (Å²) in [6.45, 7) is 13.1. The summed E-state index contributed by atoms with van der Waals surface area (Å²) in [4.78, 5) is 2.50. The molecule has 0 spiro atoms. The molecule has 17 heavy (non-hydrogen) atoms. The zero-order valence-corrected chi connectivity index (χ0v) is 11.5. The van der Waals surface area contributed by atoms with Gasteiger partial charge in [-0.15, -0.1) is 0 Å². The second-order valence-corrected chi connectivity index (χ2v) is 5.49. The lowest BCUT2D eigenvalue weighted by Crippen LogP contribution is -2.48. The van der Waals surface area contributed by atoms with Crippen LogP contribution in [-0.4, -0.2) is 35.7 Å². The summed E-state index contributed by atoms with van der Waals surface area (Å²) in [6, 6.07) is 0.512. The Labute approximate surface area is 106 Å². The van der Waals surface area contributed by atoms with Crippen molar-refractivity contribution in [1.29, 1.82) is 0 Å². The quantitative estimate of drug-likeness (QED) is 0.743.